The number of fused-ring (bicyclic) bond motifs is 1. The monoisotopic (exact) mass is 341 g/mol. The van der Waals surface area contributed by atoms with Gasteiger partial charge in [0, 0.05) is 17.5 Å². The van der Waals surface area contributed by atoms with E-state index in [0.717, 1.165) is 22.4 Å². The Morgan fingerprint density at radius 3 is 2.62 bits per heavy atom. The van der Waals surface area contributed by atoms with Gasteiger partial charge < -0.3 is 9.88 Å². The van der Waals surface area contributed by atoms with Gasteiger partial charge in [0.25, 0.3) is 0 Å². The van der Waals surface area contributed by atoms with Gasteiger partial charge in [0.2, 0.25) is 5.91 Å². The van der Waals surface area contributed by atoms with Crippen molar-refractivity contribution in [3.63, 3.8) is 0 Å². The van der Waals surface area contributed by atoms with Gasteiger partial charge in [0.15, 0.2) is 0 Å². The van der Waals surface area contributed by atoms with Crippen LogP contribution < -0.4 is 5.32 Å². The summed E-state index contributed by atoms with van der Waals surface area (Å²) in [6, 6.07) is 15.7. The van der Waals surface area contributed by atoms with Crippen LogP contribution in [0.2, 0.25) is 5.02 Å². The first kappa shape index (κ1) is 16.5. The van der Waals surface area contributed by atoms with Gasteiger partial charge in [-0.2, -0.15) is 0 Å². The van der Waals surface area contributed by atoms with E-state index in [1.165, 1.54) is 0 Å². The second-order valence-corrected chi connectivity index (χ2v) is 6.50. The number of hydrogen-bond donors (Lipinski definition) is 1. The highest BCUT2D eigenvalue weighted by Gasteiger charge is 2.15. The summed E-state index contributed by atoms with van der Waals surface area (Å²) in [5.74, 6) is 0.816. The van der Waals surface area contributed by atoms with E-state index in [1.54, 1.807) is 0 Å². The smallest absolute Gasteiger partial charge is 0.240 e. The summed E-state index contributed by atoms with van der Waals surface area (Å²) in [6.07, 6.45) is 0.587. The van der Waals surface area contributed by atoms with Gasteiger partial charge in [-0.15, -0.1) is 0 Å². The number of carbonyl (C=O) groups excluding carboxylic acids is 1. The molecule has 0 saturated heterocycles. The molecule has 0 saturated carbocycles. The summed E-state index contributed by atoms with van der Waals surface area (Å²) in [5, 5.41) is 3.65. The normalized spacial score (nSPS) is 11.2. The Labute approximate surface area is 146 Å². The number of nitrogens with one attached hydrogen (secondary N) is 1. The molecule has 0 aliphatic rings. The van der Waals surface area contributed by atoms with E-state index < -0.39 is 0 Å². The first-order valence-corrected chi connectivity index (χ1v) is 8.39. The van der Waals surface area contributed by atoms with Crippen molar-refractivity contribution in [1.82, 2.24) is 14.9 Å². The summed E-state index contributed by atoms with van der Waals surface area (Å²) in [4.78, 5) is 17.0. The number of halogens is 1. The molecule has 24 heavy (non-hydrogen) atoms. The lowest BCUT2D eigenvalue weighted by Crippen LogP contribution is -2.33. The molecule has 0 aliphatic carbocycles. The maximum atomic E-state index is 12.3. The van der Waals surface area contributed by atoms with Crippen LogP contribution >= 0.6 is 11.6 Å². The highest BCUT2D eigenvalue weighted by atomic mass is 35.5. The number of benzene rings is 2. The van der Waals surface area contributed by atoms with Gasteiger partial charge >= 0.3 is 0 Å². The number of imidazole rings is 1. The van der Waals surface area contributed by atoms with E-state index in [1.807, 2.05) is 66.9 Å². The highest BCUT2D eigenvalue weighted by molar-refractivity contribution is 6.31. The Bertz CT molecular complexity index is 870. The van der Waals surface area contributed by atoms with Gasteiger partial charge in [0.05, 0.1) is 11.0 Å². The number of hydrogen-bond acceptors (Lipinski definition) is 2. The van der Waals surface area contributed by atoms with Crippen LogP contribution in [0.3, 0.4) is 0 Å². The second-order valence-electron chi connectivity index (χ2n) is 6.09. The lowest BCUT2D eigenvalue weighted by molar-refractivity contribution is -0.122. The molecule has 0 unspecified atom stereocenters. The molecule has 1 heterocycles. The molecular formula is C19H20ClN3O. The molecule has 0 bridgehead atoms. The van der Waals surface area contributed by atoms with Gasteiger partial charge in [-0.05, 0) is 37.6 Å². The van der Waals surface area contributed by atoms with Crippen molar-refractivity contribution in [2.24, 2.45) is 0 Å². The summed E-state index contributed by atoms with van der Waals surface area (Å²) in [6.45, 7) is 4.15. The molecule has 0 aliphatic heterocycles. The van der Waals surface area contributed by atoms with Crippen molar-refractivity contribution in [3.8, 4) is 0 Å². The first-order chi connectivity index (χ1) is 11.5. The number of carbonyl (C=O) groups is 1. The number of nitrogens with zero attached hydrogens (tertiary/aromatic N) is 2. The van der Waals surface area contributed by atoms with E-state index in [4.69, 9.17) is 16.6 Å². The zero-order chi connectivity index (χ0) is 17.1. The first-order valence-electron chi connectivity index (χ1n) is 8.01. The Hall–Kier alpha value is -2.33. The predicted octanol–water partition coefficient (Wildman–Crippen LogP) is 3.81. The lowest BCUT2D eigenvalue weighted by atomic mass is 10.1. The third kappa shape index (κ3) is 3.60. The van der Waals surface area contributed by atoms with Crippen molar-refractivity contribution < 1.29 is 4.79 Å². The Morgan fingerprint density at radius 2 is 1.88 bits per heavy atom. The maximum absolute atomic E-state index is 12.3. The Morgan fingerprint density at radius 1 is 1.17 bits per heavy atom. The van der Waals surface area contributed by atoms with Crippen molar-refractivity contribution in [2.75, 3.05) is 0 Å². The van der Waals surface area contributed by atoms with Crippen LogP contribution in [0, 0.1) is 0 Å². The standard InChI is InChI=1S/C19H20ClN3O/c1-13(2)21-19(24)12-23-17-10-6-5-9-16(17)22-18(23)11-14-7-3-4-8-15(14)20/h3-10,13H,11-12H2,1-2H3,(H,21,24). The summed E-state index contributed by atoms with van der Waals surface area (Å²) < 4.78 is 1.97. The largest absolute Gasteiger partial charge is 0.352 e. The van der Waals surface area contributed by atoms with E-state index in [0.29, 0.717) is 11.4 Å². The SMILES string of the molecule is CC(C)NC(=O)Cn1c(Cc2ccccc2Cl)nc2ccccc21. The van der Waals surface area contributed by atoms with Crippen molar-refractivity contribution in [1.29, 1.82) is 0 Å². The average Bonchev–Trinajstić information content (AvgIpc) is 2.86. The van der Waals surface area contributed by atoms with Gasteiger partial charge in [-0.1, -0.05) is 41.9 Å². The molecule has 124 valence electrons. The molecule has 1 N–H and O–H groups in total. The van der Waals surface area contributed by atoms with Gasteiger partial charge in [0.1, 0.15) is 12.4 Å². The third-order valence-corrected chi connectivity index (χ3v) is 4.16. The van der Waals surface area contributed by atoms with Crippen LogP contribution in [0.25, 0.3) is 11.0 Å². The van der Waals surface area contributed by atoms with Crippen molar-refractivity contribution in [3.05, 3.63) is 64.9 Å². The van der Waals surface area contributed by atoms with Crippen LogP contribution in [0.4, 0.5) is 0 Å². The second kappa shape index (κ2) is 7.05. The molecule has 3 rings (SSSR count). The summed E-state index contributed by atoms with van der Waals surface area (Å²) in [5.41, 5.74) is 2.84. The van der Waals surface area contributed by atoms with E-state index >= 15 is 0 Å². The average molecular weight is 342 g/mol. The van der Waals surface area contributed by atoms with Crippen LogP contribution in [-0.2, 0) is 17.8 Å². The molecule has 3 aromatic rings. The minimum atomic E-state index is -0.0199. The lowest BCUT2D eigenvalue weighted by Gasteiger charge is -2.12. The molecular weight excluding hydrogens is 322 g/mol. The van der Waals surface area contributed by atoms with Crippen molar-refractivity contribution >= 4 is 28.5 Å². The van der Waals surface area contributed by atoms with E-state index in [-0.39, 0.29) is 18.5 Å². The fourth-order valence-corrected chi connectivity index (χ4v) is 2.96. The zero-order valence-corrected chi connectivity index (χ0v) is 14.5. The molecule has 2 aromatic carbocycles. The molecule has 0 fully saturated rings. The van der Waals surface area contributed by atoms with Gasteiger partial charge in [-0.3, -0.25) is 4.79 Å². The third-order valence-electron chi connectivity index (χ3n) is 3.79. The molecule has 0 atom stereocenters. The fraction of sp³-hybridized carbons (Fsp3) is 0.263. The van der Waals surface area contributed by atoms with Gasteiger partial charge in [-0.25, -0.2) is 4.98 Å². The molecule has 4 nitrogen and oxygen atoms in total. The van der Waals surface area contributed by atoms with E-state index in [9.17, 15) is 4.79 Å². The quantitative estimate of drug-likeness (QED) is 0.767. The minimum Gasteiger partial charge on any atom is -0.352 e. The number of aromatic nitrogens is 2. The minimum absolute atomic E-state index is 0.0199. The van der Waals surface area contributed by atoms with Crippen LogP contribution in [-0.4, -0.2) is 21.5 Å². The fourth-order valence-electron chi connectivity index (χ4n) is 2.76. The summed E-state index contributed by atoms with van der Waals surface area (Å²) >= 11 is 6.28. The Balaban J connectivity index is 1.99. The molecule has 0 radical (unpaired) electrons. The molecule has 0 spiro atoms. The number of amides is 1. The van der Waals surface area contributed by atoms with Crippen LogP contribution in [0.5, 0.6) is 0 Å². The predicted molar refractivity (Wildman–Crippen MR) is 97.3 cm³/mol. The maximum Gasteiger partial charge on any atom is 0.240 e. The topological polar surface area (TPSA) is 46.9 Å². The number of para-hydroxylation sites is 2. The molecule has 1 aromatic heterocycles. The van der Waals surface area contributed by atoms with E-state index in [2.05, 4.69) is 5.32 Å². The highest BCUT2D eigenvalue weighted by Crippen LogP contribution is 2.22. The molecule has 1 amide bonds. The zero-order valence-electron chi connectivity index (χ0n) is 13.8. The Kier molecular flexibility index (Phi) is 4.86. The van der Waals surface area contributed by atoms with Crippen LogP contribution in [0.1, 0.15) is 25.2 Å². The number of rotatable bonds is 5. The van der Waals surface area contributed by atoms with Crippen LogP contribution in [0.15, 0.2) is 48.5 Å². The molecule has 5 heteroatoms. The summed E-state index contributed by atoms with van der Waals surface area (Å²) in [7, 11) is 0. The van der Waals surface area contributed by atoms with Crippen molar-refractivity contribution in [2.45, 2.75) is 32.9 Å².